The van der Waals surface area contributed by atoms with E-state index in [1.807, 2.05) is 12.1 Å². The molecular formula is C20H24N6O4S. The zero-order chi connectivity index (χ0) is 22.0. The molecule has 4 N–H and O–H groups in total. The van der Waals surface area contributed by atoms with E-state index in [2.05, 4.69) is 24.3 Å². The van der Waals surface area contributed by atoms with Crippen LogP contribution in [0.5, 0.6) is 5.75 Å². The number of anilines is 2. The average Bonchev–Trinajstić information content (AvgIpc) is 2.76. The molecule has 1 aromatic carbocycles. The van der Waals surface area contributed by atoms with Crippen molar-refractivity contribution in [3.63, 3.8) is 0 Å². The number of piperidine rings is 1. The van der Waals surface area contributed by atoms with Crippen LogP contribution in [0, 0.1) is 5.92 Å². The summed E-state index contributed by atoms with van der Waals surface area (Å²) in [7, 11) is -2.25. The van der Waals surface area contributed by atoms with Crippen molar-refractivity contribution in [2.75, 3.05) is 36.4 Å². The van der Waals surface area contributed by atoms with Crippen LogP contribution in [0.3, 0.4) is 0 Å². The lowest BCUT2D eigenvalue weighted by Crippen LogP contribution is -2.38. The Morgan fingerprint density at radius 2 is 2.13 bits per heavy atom. The van der Waals surface area contributed by atoms with E-state index in [1.54, 1.807) is 31.3 Å². The Hall–Kier alpha value is -3.34. The number of nitrogens with one attached hydrogen (secondary N) is 2. The van der Waals surface area contributed by atoms with Crippen molar-refractivity contribution in [1.29, 1.82) is 0 Å². The van der Waals surface area contributed by atoms with Crippen molar-refractivity contribution in [2.24, 2.45) is 16.0 Å². The van der Waals surface area contributed by atoms with E-state index in [0.29, 0.717) is 29.3 Å². The number of carbonyl (C=O) groups is 1. The molecule has 3 heterocycles. The smallest absolute Gasteiger partial charge is 0.344 e. The summed E-state index contributed by atoms with van der Waals surface area (Å²) >= 11 is 0. The van der Waals surface area contributed by atoms with Gasteiger partial charge in [-0.05, 0) is 37.1 Å². The third-order valence-electron chi connectivity index (χ3n) is 5.25. The number of aromatic nitrogens is 1. The van der Waals surface area contributed by atoms with Crippen LogP contribution in [-0.4, -0.2) is 51.9 Å². The number of nitrogens with zero attached hydrogens (tertiary/aromatic N) is 3. The number of ether oxygens (including phenoxy) is 1. The highest BCUT2D eigenvalue weighted by molar-refractivity contribution is 7.91. The molecule has 1 fully saturated rings. The minimum absolute atomic E-state index is 0.0927. The molecule has 1 saturated heterocycles. The van der Waals surface area contributed by atoms with Gasteiger partial charge in [-0.3, -0.25) is 9.52 Å². The van der Waals surface area contributed by atoms with Crippen molar-refractivity contribution in [3.05, 3.63) is 47.7 Å². The molecule has 2 aliphatic rings. The van der Waals surface area contributed by atoms with Gasteiger partial charge in [0.25, 0.3) is 5.91 Å². The summed E-state index contributed by atoms with van der Waals surface area (Å²) in [5.74, 6) is 1.16. The molecule has 0 unspecified atom stereocenters. The maximum Gasteiger partial charge on any atom is 0.344 e. The van der Waals surface area contributed by atoms with E-state index < -0.39 is 10.2 Å². The van der Waals surface area contributed by atoms with Gasteiger partial charge < -0.3 is 20.7 Å². The van der Waals surface area contributed by atoms with Crippen molar-refractivity contribution < 1.29 is 17.9 Å². The Morgan fingerprint density at radius 3 is 2.94 bits per heavy atom. The Labute approximate surface area is 180 Å². The normalized spacial score (nSPS) is 19.6. The molecule has 0 aliphatic carbocycles. The molecule has 0 saturated carbocycles. The second kappa shape index (κ2) is 8.42. The molecule has 164 valence electrons. The molecule has 1 amide bonds. The van der Waals surface area contributed by atoms with Crippen LogP contribution in [0.25, 0.3) is 0 Å². The maximum absolute atomic E-state index is 11.9. The van der Waals surface area contributed by atoms with E-state index in [0.717, 1.165) is 31.7 Å². The number of carbonyl (C=O) groups excluding carboxylic acids is 1. The largest absolute Gasteiger partial charge is 0.492 e. The van der Waals surface area contributed by atoms with E-state index >= 15 is 0 Å². The summed E-state index contributed by atoms with van der Waals surface area (Å²) in [6.07, 6.45) is 1.95. The number of hydrogen-bond acceptors (Lipinski definition) is 7. The number of amides is 1. The van der Waals surface area contributed by atoms with Crippen molar-refractivity contribution in [3.8, 4) is 5.75 Å². The lowest BCUT2D eigenvalue weighted by Gasteiger charge is -2.33. The van der Waals surface area contributed by atoms with E-state index in [-0.39, 0.29) is 17.7 Å². The lowest BCUT2D eigenvalue weighted by atomic mass is 9.99. The zero-order valence-electron chi connectivity index (χ0n) is 17.0. The first-order valence-electron chi connectivity index (χ1n) is 9.95. The highest BCUT2D eigenvalue weighted by Crippen LogP contribution is 2.31. The minimum Gasteiger partial charge on any atom is -0.492 e. The average molecular weight is 445 g/mol. The van der Waals surface area contributed by atoms with Crippen LogP contribution >= 0.6 is 0 Å². The third-order valence-corrected chi connectivity index (χ3v) is 6.17. The third kappa shape index (κ3) is 4.55. The van der Waals surface area contributed by atoms with Gasteiger partial charge in [-0.2, -0.15) is 8.42 Å². The Bertz CT molecular complexity index is 1130. The SMILES string of the molecule is CNC(=O)c1cccc(N2CCC[C@H](COc3cccc4c3C(N)=NS(=O)(=O)N4)C2)n1. The Morgan fingerprint density at radius 1 is 1.32 bits per heavy atom. The quantitative estimate of drug-likeness (QED) is 0.628. The predicted octanol–water partition coefficient (Wildman–Crippen LogP) is 1.11. The molecule has 2 aromatic rings. The Kier molecular flexibility index (Phi) is 5.68. The van der Waals surface area contributed by atoms with Gasteiger partial charge in [0, 0.05) is 26.1 Å². The van der Waals surface area contributed by atoms with Crippen LogP contribution in [0.1, 0.15) is 28.9 Å². The van der Waals surface area contributed by atoms with Gasteiger partial charge in [0.05, 0.1) is 17.9 Å². The molecule has 0 bridgehead atoms. The molecular weight excluding hydrogens is 420 g/mol. The molecule has 31 heavy (non-hydrogen) atoms. The van der Waals surface area contributed by atoms with Crippen LogP contribution in [0.2, 0.25) is 0 Å². The summed E-state index contributed by atoms with van der Waals surface area (Å²) in [4.78, 5) is 18.5. The monoisotopic (exact) mass is 444 g/mol. The number of rotatable bonds is 5. The van der Waals surface area contributed by atoms with E-state index in [4.69, 9.17) is 10.5 Å². The van der Waals surface area contributed by atoms with Crippen molar-refractivity contribution in [1.82, 2.24) is 10.3 Å². The summed E-state index contributed by atoms with van der Waals surface area (Å²) in [5.41, 5.74) is 7.06. The molecule has 0 radical (unpaired) electrons. The second-order valence-electron chi connectivity index (χ2n) is 7.46. The first kappa shape index (κ1) is 20.9. The Balaban J connectivity index is 1.46. The standard InChI is InChI=1S/C20H24N6O4S/c1-22-20(27)15-7-3-9-17(23-15)26-10-4-5-13(11-26)12-30-16-8-2-6-14-18(16)19(21)25-31(28,29)24-14/h2-3,6-9,13,24H,4-5,10-12H2,1H3,(H2,21,25)(H,22,27)/t13-/m0/s1. The molecule has 0 spiro atoms. The van der Waals surface area contributed by atoms with Crippen molar-refractivity contribution >= 4 is 33.5 Å². The number of nitrogens with two attached hydrogens (primary N) is 1. The number of fused-ring (bicyclic) bond motifs is 1. The van der Waals surface area contributed by atoms with Crippen LogP contribution in [0.4, 0.5) is 11.5 Å². The van der Waals surface area contributed by atoms with Gasteiger partial charge in [-0.25, -0.2) is 4.98 Å². The minimum atomic E-state index is -3.83. The first-order valence-corrected chi connectivity index (χ1v) is 11.4. The van der Waals surface area contributed by atoms with Crippen LogP contribution < -0.4 is 25.4 Å². The van der Waals surface area contributed by atoms with Gasteiger partial charge in [0.15, 0.2) is 5.84 Å². The van der Waals surface area contributed by atoms with Gasteiger partial charge in [-0.1, -0.05) is 12.1 Å². The van der Waals surface area contributed by atoms with Gasteiger partial charge in [0.2, 0.25) is 0 Å². The van der Waals surface area contributed by atoms with Crippen LogP contribution in [-0.2, 0) is 10.2 Å². The zero-order valence-corrected chi connectivity index (χ0v) is 17.9. The fraction of sp³-hybridized carbons (Fsp3) is 0.350. The highest BCUT2D eigenvalue weighted by Gasteiger charge is 2.26. The topological polar surface area (TPSA) is 139 Å². The highest BCUT2D eigenvalue weighted by atomic mass is 32.2. The number of amidine groups is 1. The fourth-order valence-corrected chi connectivity index (χ4v) is 4.65. The molecule has 11 heteroatoms. The summed E-state index contributed by atoms with van der Waals surface area (Å²) < 4.78 is 35.4. The fourth-order valence-electron chi connectivity index (χ4n) is 3.81. The number of pyridine rings is 1. The molecule has 4 rings (SSSR count). The van der Waals surface area contributed by atoms with Crippen molar-refractivity contribution in [2.45, 2.75) is 12.8 Å². The lowest BCUT2D eigenvalue weighted by molar-refractivity contribution is 0.0958. The van der Waals surface area contributed by atoms with Gasteiger partial charge in [-0.15, -0.1) is 4.40 Å². The van der Waals surface area contributed by atoms with E-state index in [9.17, 15) is 13.2 Å². The summed E-state index contributed by atoms with van der Waals surface area (Å²) in [6.45, 7) is 2.01. The predicted molar refractivity (Wildman–Crippen MR) is 118 cm³/mol. The maximum atomic E-state index is 11.9. The second-order valence-corrected chi connectivity index (χ2v) is 8.79. The van der Waals surface area contributed by atoms with Crippen LogP contribution in [0.15, 0.2) is 40.8 Å². The van der Waals surface area contributed by atoms with E-state index in [1.165, 1.54) is 0 Å². The number of hydrogen-bond donors (Lipinski definition) is 3. The first-order chi connectivity index (χ1) is 14.9. The van der Waals surface area contributed by atoms with Gasteiger partial charge in [0.1, 0.15) is 17.3 Å². The summed E-state index contributed by atoms with van der Waals surface area (Å²) in [5, 5.41) is 2.59. The molecule has 1 aromatic heterocycles. The molecule has 1 atom stereocenters. The molecule has 2 aliphatic heterocycles. The summed E-state index contributed by atoms with van der Waals surface area (Å²) in [6, 6.07) is 10.5. The van der Waals surface area contributed by atoms with Gasteiger partial charge >= 0.3 is 10.2 Å². The number of benzene rings is 1. The molecule has 10 nitrogen and oxygen atoms in total.